The van der Waals surface area contributed by atoms with Gasteiger partial charge in [0.15, 0.2) is 0 Å². The summed E-state index contributed by atoms with van der Waals surface area (Å²) in [6.45, 7) is 9.39. The van der Waals surface area contributed by atoms with E-state index in [2.05, 4.69) is 27.7 Å². The highest BCUT2D eigenvalue weighted by Gasteiger charge is 2.34. The molecule has 0 aromatic heterocycles. The average Bonchev–Trinajstić information content (AvgIpc) is 2.30. The summed E-state index contributed by atoms with van der Waals surface area (Å²) in [6, 6.07) is 0.376. The van der Waals surface area contributed by atoms with Gasteiger partial charge in [-0.05, 0) is 26.2 Å². The Bertz CT molecular complexity index is 157. The SMILES string of the molecule is CC(C)[C@@H]1CCN(C(C)C)C1=O. The van der Waals surface area contributed by atoms with Gasteiger partial charge in [0.25, 0.3) is 0 Å². The monoisotopic (exact) mass is 169 g/mol. The second-order valence-electron chi connectivity index (χ2n) is 4.26. The predicted octanol–water partition coefficient (Wildman–Crippen LogP) is 1.90. The number of rotatable bonds is 2. The molecule has 0 aliphatic carbocycles. The highest BCUT2D eigenvalue weighted by Crippen LogP contribution is 2.26. The molecular formula is C10H19NO. The Balaban J connectivity index is 2.61. The van der Waals surface area contributed by atoms with Gasteiger partial charge in [0.1, 0.15) is 0 Å². The normalized spacial score (nSPS) is 24.7. The van der Waals surface area contributed by atoms with E-state index in [4.69, 9.17) is 0 Å². The highest BCUT2D eigenvalue weighted by molar-refractivity contribution is 5.81. The Morgan fingerprint density at radius 1 is 1.33 bits per heavy atom. The van der Waals surface area contributed by atoms with Crippen molar-refractivity contribution in [3.63, 3.8) is 0 Å². The summed E-state index contributed by atoms with van der Waals surface area (Å²) >= 11 is 0. The molecule has 1 atom stereocenters. The zero-order valence-corrected chi connectivity index (χ0v) is 8.50. The Kier molecular flexibility index (Phi) is 2.76. The van der Waals surface area contributed by atoms with Crippen LogP contribution in [0.5, 0.6) is 0 Å². The van der Waals surface area contributed by atoms with E-state index in [1.807, 2.05) is 4.90 Å². The first-order chi connectivity index (χ1) is 5.54. The summed E-state index contributed by atoms with van der Waals surface area (Å²) in [4.78, 5) is 13.7. The third kappa shape index (κ3) is 1.62. The Morgan fingerprint density at radius 2 is 1.92 bits per heavy atom. The van der Waals surface area contributed by atoms with Crippen LogP contribution in [0.3, 0.4) is 0 Å². The maximum absolute atomic E-state index is 11.7. The summed E-state index contributed by atoms with van der Waals surface area (Å²) in [5, 5.41) is 0. The fourth-order valence-corrected chi connectivity index (χ4v) is 1.86. The molecule has 1 saturated heterocycles. The molecular weight excluding hydrogens is 150 g/mol. The number of hydrogen-bond donors (Lipinski definition) is 0. The molecule has 2 heteroatoms. The van der Waals surface area contributed by atoms with Crippen LogP contribution in [-0.4, -0.2) is 23.4 Å². The molecule has 0 unspecified atom stereocenters. The summed E-state index contributed by atoms with van der Waals surface area (Å²) < 4.78 is 0. The van der Waals surface area contributed by atoms with Crippen molar-refractivity contribution in [2.45, 2.75) is 40.2 Å². The molecule has 1 amide bonds. The van der Waals surface area contributed by atoms with Crippen LogP contribution in [0.15, 0.2) is 0 Å². The van der Waals surface area contributed by atoms with Crippen molar-refractivity contribution in [3.05, 3.63) is 0 Å². The van der Waals surface area contributed by atoms with Gasteiger partial charge in [0.2, 0.25) is 5.91 Å². The fourth-order valence-electron chi connectivity index (χ4n) is 1.86. The minimum absolute atomic E-state index is 0.285. The van der Waals surface area contributed by atoms with Crippen LogP contribution in [-0.2, 0) is 4.79 Å². The third-order valence-corrected chi connectivity index (χ3v) is 2.71. The Hall–Kier alpha value is -0.530. The Labute approximate surface area is 74.9 Å². The lowest BCUT2D eigenvalue weighted by atomic mass is 9.95. The van der Waals surface area contributed by atoms with Crippen LogP contribution in [0.2, 0.25) is 0 Å². The molecule has 0 aromatic rings. The minimum atomic E-state index is 0.285. The lowest BCUT2D eigenvalue weighted by Gasteiger charge is -2.21. The van der Waals surface area contributed by atoms with Gasteiger partial charge >= 0.3 is 0 Å². The van der Waals surface area contributed by atoms with E-state index in [9.17, 15) is 4.79 Å². The topological polar surface area (TPSA) is 20.3 Å². The van der Waals surface area contributed by atoms with Gasteiger partial charge < -0.3 is 4.90 Å². The molecule has 1 aliphatic rings. The summed E-state index contributed by atoms with van der Waals surface area (Å²) in [5.41, 5.74) is 0. The van der Waals surface area contributed by atoms with Crippen molar-refractivity contribution in [1.29, 1.82) is 0 Å². The van der Waals surface area contributed by atoms with E-state index < -0.39 is 0 Å². The lowest BCUT2D eigenvalue weighted by Crippen LogP contribution is -2.34. The zero-order chi connectivity index (χ0) is 9.30. The molecule has 0 radical (unpaired) electrons. The van der Waals surface area contributed by atoms with E-state index in [0.29, 0.717) is 17.9 Å². The van der Waals surface area contributed by atoms with Crippen molar-refractivity contribution in [2.24, 2.45) is 11.8 Å². The predicted molar refractivity (Wildman–Crippen MR) is 49.8 cm³/mol. The second kappa shape index (κ2) is 3.46. The standard InChI is InChI=1S/C10H19NO/c1-7(2)9-5-6-11(8(3)4)10(9)12/h7-9H,5-6H2,1-4H3/t9-/m0/s1. The molecule has 1 heterocycles. The average molecular weight is 169 g/mol. The van der Waals surface area contributed by atoms with Crippen LogP contribution in [0, 0.1) is 11.8 Å². The van der Waals surface area contributed by atoms with Crippen LogP contribution < -0.4 is 0 Å². The van der Waals surface area contributed by atoms with Gasteiger partial charge in [0.05, 0.1) is 0 Å². The summed E-state index contributed by atoms with van der Waals surface area (Å²) in [6.07, 6.45) is 1.05. The van der Waals surface area contributed by atoms with Crippen LogP contribution in [0.1, 0.15) is 34.1 Å². The van der Waals surface area contributed by atoms with Crippen LogP contribution >= 0.6 is 0 Å². The molecule has 1 aliphatic heterocycles. The molecule has 70 valence electrons. The molecule has 0 aromatic carbocycles. The molecule has 1 rings (SSSR count). The van der Waals surface area contributed by atoms with Crippen molar-refractivity contribution >= 4 is 5.91 Å². The number of hydrogen-bond acceptors (Lipinski definition) is 1. The van der Waals surface area contributed by atoms with Crippen molar-refractivity contribution in [3.8, 4) is 0 Å². The smallest absolute Gasteiger partial charge is 0.226 e. The molecule has 0 spiro atoms. The second-order valence-corrected chi connectivity index (χ2v) is 4.26. The van der Waals surface area contributed by atoms with Gasteiger partial charge in [-0.3, -0.25) is 4.79 Å². The van der Waals surface area contributed by atoms with Crippen molar-refractivity contribution < 1.29 is 4.79 Å². The number of nitrogens with zero attached hydrogens (tertiary/aromatic N) is 1. The molecule has 0 saturated carbocycles. The van der Waals surface area contributed by atoms with E-state index in [1.165, 1.54) is 0 Å². The van der Waals surface area contributed by atoms with E-state index in [0.717, 1.165) is 13.0 Å². The quantitative estimate of drug-likeness (QED) is 0.618. The molecule has 2 nitrogen and oxygen atoms in total. The number of amides is 1. The van der Waals surface area contributed by atoms with Crippen LogP contribution in [0.4, 0.5) is 0 Å². The number of carbonyl (C=O) groups excluding carboxylic acids is 1. The van der Waals surface area contributed by atoms with Crippen molar-refractivity contribution in [1.82, 2.24) is 4.90 Å². The first-order valence-corrected chi connectivity index (χ1v) is 4.84. The first-order valence-electron chi connectivity index (χ1n) is 4.84. The van der Waals surface area contributed by atoms with E-state index in [1.54, 1.807) is 0 Å². The van der Waals surface area contributed by atoms with Gasteiger partial charge in [-0.1, -0.05) is 13.8 Å². The number of carbonyl (C=O) groups is 1. The van der Waals surface area contributed by atoms with Gasteiger partial charge in [-0.15, -0.1) is 0 Å². The Morgan fingerprint density at radius 3 is 2.17 bits per heavy atom. The fraction of sp³-hybridized carbons (Fsp3) is 0.900. The molecule has 0 N–H and O–H groups in total. The van der Waals surface area contributed by atoms with Gasteiger partial charge in [-0.2, -0.15) is 0 Å². The summed E-state index contributed by atoms with van der Waals surface area (Å²) in [7, 11) is 0. The maximum Gasteiger partial charge on any atom is 0.226 e. The third-order valence-electron chi connectivity index (χ3n) is 2.71. The highest BCUT2D eigenvalue weighted by atomic mass is 16.2. The van der Waals surface area contributed by atoms with Gasteiger partial charge in [0, 0.05) is 18.5 Å². The molecule has 12 heavy (non-hydrogen) atoms. The molecule has 0 bridgehead atoms. The van der Waals surface area contributed by atoms with Crippen molar-refractivity contribution in [2.75, 3.05) is 6.54 Å². The lowest BCUT2D eigenvalue weighted by molar-refractivity contribution is -0.133. The maximum atomic E-state index is 11.7. The summed E-state index contributed by atoms with van der Waals surface area (Å²) in [5.74, 6) is 1.15. The zero-order valence-electron chi connectivity index (χ0n) is 8.50. The van der Waals surface area contributed by atoms with Gasteiger partial charge in [-0.25, -0.2) is 0 Å². The largest absolute Gasteiger partial charge is 0.340 e. The number of likely N-dealkylation sites (tertiary alicyclic amines) is 1. The molecule has 1 fully saturated rings. The van der Waals surface area contributed by atoms with E-state index in [-0.39, 0.29) is 5.92 Å². The van der Waals surface area contributed by atoms with Crippen LogP contribution in [0.25, 0.3) is 0 Å². The minimum Gasteiger partial charge on any atom is -0.340 e. The first kappa shape index (κ1) is 9.56. The van der Waals surface area contributed by atoms with E-state index >= 15 is 0 Å².